The van der Waals surface area contributed by atoms with Gasteiger partial charge in [0, 0.05) is 14.7 Å². The molecule has 1 aromatic rings. The van der Waals surface area contributed by atoms with Crippen LogP contribution in [0.3, 0.4) is 0 Å². The number of aliphatic carboxylic acids is 1. The first kappa shape index (κ1) is 14.5. The standard InChI is InChI=1S/C13H16BrNO3S/c1-7-2-10(11(3-7)13(17)18)12(16)15-5-9-4-8(14)6-19-9/h4,6-7,10-11H,2-3,5H2,1H3,(H,15,16)(H,17,18)/t7?,10-,11+/m0/s1. The molecular weight excluding hydrogens is 330 g/mol. The van der Waals surface area contributed by atoms with Crippen molar-refractivity contribution in [2.24, 2.45) is 17.8 Å². The summed E-state index contributed by atoms with van der Waals surface area (Å²) in [7, 11) is 0. The number of nitrogens with one attached hydrogen (secondary N) is 1. The van der Waals surface area contributed by atoms with Gasteiger partial charge in [0.2, 0.25) is 5.91 Å². The monoisotopic (exact) mass is 345 g/mol. The Kier molecular flexibility index (Phi) is 4.62. The first-order valence-corrected chi connectivity index (χ1v) is 7.88. The third-order valence-corrected chi connectivity index (χ3v) is 5.21. The van der Waals surface area contributed by atoms with E-state index in [0.29, 0.717) is 25.3 Å². The lowest BCUT2D eigenvalue weighted by Gasteiger charge is -2.15. The summed E-state index contributed by atoms with van der Waals surface area (Å²) in [5, 5.41) is 14.0. The van der Waals surface area contributed by atoms with E-state index in [0.717, 1.165) is 9.35 Å². The first-order valence-electron chi connectivity index (χ1n) is 6.20. The molecular formula is C13H16BrNO3S. The molecule has 1 aliphatic carbocycles. The van der Waals surface area contributed by atoms with Crippen molar-refractivity contribution in [3.05, 3.63) is 20.8 Å². The van der Waals surface area contributed by atoms with Gasteiger partial charge in [0.25, 0.3) is 0 Å². The van der Waals surface area contributed by atoms with E-state index in [1.54, 1.807) is 11.3 Å². The number of thiophene rings is 1. The second kappa shape index (κ2) is 6.05. The summed E-state index contributed by atoms with van der Waals surface area (Å²) in [5.41, 5.74) is 0. The number of amides is 1. The van der Waals surface area contributed by atoms with Crippen LogP contribution < -0.4 is 5.32 Å². The Labute approximate surface area is 124 Å². The van der Waals surface area contributed by atoms with Gasteiger partial charge in [0.1, 0.15) is 0 Å². The highest BCUT2D eigenvalue weighted by molar-refractivity contribution is 9.10. The second-order valence-corrected chi connectivity index (χ2v) is 6.99. The summed E-state index contributed by atoms with van der Waals surface area (Å²) >= 11 is 4.93. The smallest absolute Gasteiger partial charge is 0.307 e. The fraction of sp³-hybridized carbons (Fsp3) is 0.538. The van der Waals surface area contributed by atoms with Crippen molar-refractivity contribution < 1.29 is 14.7 Å². The van der Waals surface area contributed by atoms with Gasteiger partial charge < -0.3 is 10.4 Å². The van der Waals surface area contributed by atoms with Crippen molar-refractivity contribution in [2.45, 2.75) is 26.3 Å². The summed E-state index contributed by atoms with van der Waals surface area (Å²) in [6, 6.07) is 1.96. The Hall–Kier alpha value is -0.880. The lowest BCUT2D eigenvalue weighted by molar-refractivity contribution is -0.146. The van der Waals surface area contributed by atoms with E-state index in [4.69, 9.17) is 5.11 Å². The van der Waals surface area contributed by atoms with E-state index >= 15 is 0 Å². The highest BCUT2D eigenvalue weighted by atomic mass is 79.9. The number of hydrogen-bond acceptors (Lipinski definition) is 3. The normalized spacial score (nSPS) is 26.3. The van der Waals surface area contributed by atoms with Crippen LogP contribution in [0.2, 0.25) is 0 Å². The molecule has 6 heteroatoms. The summed E-state index contributed by atoms with van der Waals surface area (Å²) in [6.45, 7) is 2.46. The van der Waals surface area contributed by atoms with Gasteiger partial charge in [-0.3, -0.25) is 9.59 Å². The topological polar surface area (TPSA) is 66.4 Å². The molecule has 1 amide bonds. The average molecular weight is 346 g/mol. The van der Waals surface area contributed by atoms with Crippen molar-refractivity contribution in [3.63, 3.8) is 0 Å². The van der Waals surface area contributed by atoms with Gasteiger partial charge in [-0.15, -0.1) is 11.3 Å². The Bertz CT molecular complexity index is 488. The molecule has 0 aromatic carbocycles. The van der Waals surface area contributed by atoms with Crippen LogP contribution >= 0.6 is 27.3 Å². The zero-order valence-electron chi connectivity index (χ0n) is 10.6. The van der Waals surface area contributed by atoms with Gasteiger partial charge in [-0.05, 0) is 40.8 Å². The van der Waals surface area contributed by atoms with Crippen LogP contribution in [-0.4, -0.2) is 17.0 Å². The second-order valence-electron chi connectivity index (χ2n) is 5.08. The molecule has 1 unspecified atom stereocenters. The van der Waals surface area contributed by atoms with Crippen LogP contribution in [0.4, 0.5) is 0 Å². The van der Waals surface area contributed by atoms with E-state index in [-0.39, 0.29) is 5.91 Å². The Morgan fingerprint density at radius 1 is 1.47 bits per heavy atom. The molecule has 0 aliphatic heterocycles. The number of hydrogen-bond donors (Lipinski definition) is 2. The zero-order valence-corrected chi connectivity index (χ0v) is 13.0. The van der Waals surface area contributed by atoms with Crippen molar-refractivity contribution in [1.29, 1.82) is 0 Å². The minimum atomic E-state index is -0.858. The lowest BCUT2D eigenvalue weighted by atomic mass is 9.95. The van der Waals surface area contributed by atoms with Gasteiger partial charge >= 0.3 is 5.97 Å². The molecule has 0 bridgehead atoms. The van der Waals surface area contributed by atoms with E-state index < -0.39 is 17.8 Å². The molecule has 1 aliphatic rings. The van der Waals surface area contributed by atoms with Crippen molar-refractivity contribution >= 4 is 39.1 Å². The highest BCUT2D eigenvalue weighted by Gasteiger charge is 2.40. The predicted molar refractivity (Wildman–Crippen MR) is 76.9 cm³/mol. The van der Waals surface area contributed by atoms with Crippen LogP contribution in [0.5, 0.6) is 0 Å². The summed E-state index contributed by atoms with van der Waals surface area (Å²) < 4.78 is 1.000. The average Bonchev–Trinajstić information content (AvgIpc) is 2.92. The molecule has 3 atom stereocenters. The third kappa shape index (κ3) is 3.57. The molecule has 19 heavy (non-hydrogen) atoms. The maximum atomic E-state index is 12.1. The highest BCUT2D eigenvalue weighted by Crippen LogP contribution is 2.36. The largest absolute Gasteiger partial charge is 0.481 e. The molecule has 1 heterocycles. The van der Waals surface area contributed by atoms with Crippen LogP contribution in [0, 0.1) is 17.8 Å². The SMILES string of the molecule is CC1C[C@H](C(=O)NCc2cc(Br)cs2)[C@H](C(=O)O)C1. The van der Waals surface area contributed by atoms with Gasteiger partial charge in [-0.1, -0.05) is 6.92 Å². The molecule has 0 radical (unpaired) electrons. The fourth-order valence-corrected chi connectivity index (χ4v) is 4.00. The van der Waals surface area contributed by atoms with Crippen LogP contribution in [0.1, 0.15) is 24.6 Å². The maximum Gasteiger partial charge on any atom is 0.307 e. The van der Waals surface area contributed by atoms with Gasteiger partial charge in [-0.25, -0.2) is 0 Å². The minimum Gasteiger partial charge on any atom is -0.481 e. The first-order chi connectivity index (χ1) is 8.97. The fourth-order valence-electron chi connectivity index (χ4n) is 2.61. The number of carboxylic acid groups (broad SMARTS) is 1. The number of carboxylic acids is 1. The minimum absolute atomic E-state index is 0.138. The van der Waals surface area contributed by atoms with Crippen molar-refractivity contribution in [2.75, 3.05) is 0 Å². The van der Waals surface area contributed by atoms with Gasteiger partial charge in [0.15, 0.2) is 0 Å². The molecule has 1 fully saturated rings. The predicted octanol–water partition coefficient (Wildman–Crippen LogP) is 2.87. The molecule has 104 valence electrons. The van der Waals surface area contributed by atoms with E-state index in [9.17, 15) is 9.59 Å². The van der Waals surface area contributed by atoms with Crippen molar-refractivity contribution in [3.8, 4) is 0 Å². The number of carbonyl (C=O) groups is 2. The van der Waals surface area contributed by atoms with E-state index in [2.05, 4.69) is 21.2 Å². The molecule has 0 saturated heterocycles. The maximum absolute atomic E-state index is 12.1. The lowest BCUT2D eigenvalue weighted by Crippen LogP contribution is -2.34. The summed E-state index contributed by atoms with van der Waals surface area (Å²) in [4.78, 5) is 24.3. The molecule has 4 nitrogen and oxygen atoms in total. The van der Waals surface area contributed by atoms with Crippen LogP contribution in [0.15, 0.2) is 15.9 Å². The van der Waals surface area contributed by atoms with Gasteiger partial charge in [0.05, 0.1) is 18.4 Å². The molecule has 2 rings (SSSR count). The number of rotatable bonds is 4. The number of halogens is 1. The van der Waals surface area contributed by atoms with E-state index in [1.165, 1.54) is 0 Å². The molecule has 0 spiro atoms. The zero-order chi connectivity index (χ0) is 14.0. The van der Waals surface area contributed by atoms with Crippen LogP contribution in [-0.2, 0) is 16.1 Å². The molecule has 1 saturated carbocycles. The molecule has 1 aromatic heterocycles. The third-order valence-electron chi connectivity index (χ3n) is 3.51. The molecule has 2 N–H and O–H groups in total. The number of carbonyl (C=O) groups excluding carboxylic acids is 1. The Balaban J connectivity index is 1.93. The summed E-state index contributed by atoms with van der Waals surface area (Å²) in [6.07, 6.45) is 1.26. The van der Waals surface area contributed by atoms with Crippen molar-refractivity contribution in [1.82, 2.24) is 5.32 Å². The Morgan fingerprint density at radius 2 is 2.16 bits per heavy atom. The van der Waals surface area contributed by atoms with Crippen LogP contribution in [0.25, 0.3) is 0 Å². The Morgan fingerprint density at radius 3 is 2.74 bits per heavy atom. The van der Waals surface area contributed by atoms with Gasteiger partial charge in [-0.2, -0.15) is 0 Å². The quantitative estimate of drug-likeness (QED) is 0.881. The summed E-state index contributed by atoms with van der Waals surface area (Å²) in [5.74, 6) is -1.63. The van der Waals surface area contributed by atoms with E-state index in [1.807, 2.05) is 18.4 Å².